The van der Waals surface area contributed by atoms with E-state index in [1.165, 1.54) is 12.1 Å². The number of carbonyl (C=O) groups is 1. The molecule has 0 radical (unpaired) electrons. The van der Waals surface area contributed by atoms with Gasteiger partial charge < -0.3 is 29.3 Å². The van der Waals surface area contributed by atoms with Crippen LogP contribution in [0.5, 0.6) is 5.75 Å². The molecular weight excluding hydrogens is 434 g/mol. The van der Waals surface area contributed by atoms with Crippen LogP contribution in [0, 0.1) is 5.41 Å². The predicted molar refractivity (Wildman–Crippen MR) is 123 cm³/mol. The molecule has 33 heavy (non-hydrogen) atoms. The van der Waals surface area contributed by atoms with Gasteiger partial charge in [0.25, 0.3) is 0 Å². The van der Waals surface area contributed by atoms with Gasteiger partial charge in [0.2, 0.25) is 0 Å². The molecule has 1 fully saturated rings. The highest BCUT2D eigenvalue weighted by molar-refractivity contribution is 5.91. The number of ether oxygens (including phenoxy) is 3. The van der Waals surface area contributed by atoms with Gasteiger partial charge in [0.1, 0.15) is 17.2 Å². The Kier molecular flexibility index (Phi) is 8.65. The van der Waals surface area contributed by atoms with Crippen molar-refractivity contribution in [2.24, 2.45) is 0 Å². The molecule has 0 spiro atoms. The van der Waals surface area contributed by atoms with Crippen LogP contribution in [0.15, 0.2) is 36.0 Å². The third-order valence-corrected chi connectivity index (χ3v) is 4.80. The number of halogens is 2. The number of anilines is 1. The maximum atomic E-state index is 13.0. The summed E-state index contributed by atoms with van der Waals surface area (Å²) < 4.78 is 41.4. The molecule has 1 amide bonds. The number of methoxy groups -OCH3 is 1. The van der Waals surface area contributed by atoms with Gasteiger partial charge in [0.05, 0.1) is 6.10 Å². The van der Waals surface area contributed by atoms with Crippen molar-refractivity contribution in [3.63, 3.8) is 0 Å². The van der Waals surface area contributed by atoms with E-state index >= 15 is 0 Å². The number of amides is 1. The standard InChI is InChI=1S/C23H34F2N4O4/c1-16(31-6)19(27-17-7-9-18(10-8-17)32-23(5,24)25)15-20(26)28-11-13-29(14-12-28)21(30)33-22(2,3)4/h7-10,15-16,26-27H,11-14H2,1-6H3/b19-15-,26-20?. The summed E-state index contributed by atoms with van der Waals surface area (Å²) in [5.41, 5.74) is 0.716. The third kappa shape index (κ3) is 8.88. The Morgan fingerprint density at radius 1 is 1.09 bits per heavy atom. The van der Waals surface area contributed by atoms with Gasteiger partial charge in [-0.05, 0) is 52.0 Å². The van der Waals surface area contributed by atoms with Crippen molar-refractivity contribution in [3.05, 3.63) is 36.0 Å². The van der Waals surface area contributed by atoms with E-state index in [9.17, 15) is 13.6 Å². The van der Waals surface area contributed by atoms with Crippen molar-refractivity contribution in [2.45, 2.75) is 52.4 Å². The van der Waals surface area contributed by atoms with Crippen molar-refractivity contribution in [1.29, 1.82) is 5.41 Å². The van der Waals surface area contributed by atoms with Crippen LogP contribution < -0.4 is 10.1 Å². The highest BCUT2D eigenvalue weighted by Gasteiger charge is 2.27. The van der Waals surface area contributed by atoms with Gasteiger partial charge in [-0.15, -0.1) is 0 Å². The number of piperazine rings is 1. The molecule has 8 nitrogen and oxygen atoms in total. The zero-order valence-corrected chi connectivity index (χ0v) is 20.1. The van der Waals surface area contributed by atoms with Crippen LogP contribution in [0.3, 0.4) is 0 Å². The topological polar surface area (TPSA) is 87.1 Å². The number of nitrogens with zero attached hydrogens (tertiary/aromatic N) is 2. The van der Waals surface area contributed by atoms with Crippen LogP contribution in [0.4, 0.5) is 19.3 Å². The lowest BCUT2D eigenvalue weighted by molar-refractivity contribution is -0.158. The van der Waals surface area contributed by atoms with Crippen molar-refractivity contribution in [2.75, 3.05) is 38.6 Å². The highest BCUT2D eigenvalue weighted by atomic mass is 19.3. The van der Waals surface area contributed by atoms with Gasteiger partial charge >= 0.3 is 12.2 Å². The normalized spacial score (nSPS) is 16.3. The minimum atomic E-state index is -3.26. The van der Waals surface area contributed by atoms with E-state index < -0.39 is 11.7 Å². The van der Waals surface area contributed by atoms with Gasteiger partial charge in [-0.25, -0.2) is 4.79 Å². The number of hydrogen-bond acceptors (Lipinski definition) is 6. The molecule has 2 rings (SSSR count). The molecule has 0 aliphatic carbocycles. The number of benzene rings is 1. The average Bonchev–Trinajstić information content (AvgIpc) is 2.71. The average molecular weight is 469 g/mol. The first-order valence-corrected chi connectivity index (χ1v) is 10.8. The number of alkyl halides is 2. The van der Waals surface area contributed by atoms with Crippen molar-refractivity contribution >= 4 is 17.6 Å². The summed E-state index contributed by atoms with van der Waals surface area (Å²) in [5.74, 6) is 0.324. The molecule has 0 saturated carbocycles. The second-order valence-corrected chi connectivity index (χ2v) is 8.88. The Hall–Kier alpha value is -2.88. The van der Waals surface area contributed by atoms with E-state index in [0.29, 0.717) is 44.5 Å². The first-order valence-electron chi connectivity index (χ1n) is 10.8. The minimum absolute atomic E-state index is 0.0500. The molecule has 1 saturated heterocycles. The van der Waals surface area contributed by atoms with E-state index in [2.05, 4.69) is 10.1 Å². The molecule has 1 aromatic carbocycles. The van der Waals surface area contributed by atoms with Crippen molar-refractivity contribution in [3.8, 4) is 5.75 Å². The molecule has 0 aromatic heterocycles. The molecule has 10 heteroatoms. The summed E-state index contributed by atoms with van der Waals surface area (Å²) in [6.45, 7) is 9.91. The molecule has 1 aliphatic rings. The number of rotatable bonds is 7. The fourth-order valence-electron chi connectivity index (χ4n) is 3.06. The van der Waals surface area contributed by atoms with E-state index in [0.717, 1.165) is 0 Å². The number of amidine groups is 1. The Labute approximate surface area is 194 Å². The van der Waals surface area contributed by atoms with Gasteiger partial charge in [-0.2, -0.15) is 8.78 Å². The van der Waals surface area contributed by atoms with Crippen LogP contribution in [-0.4, -0.2) is 72.8 Å². The summed E-state index contributed by atoms with van der Waals surface area (Å²) >= 11 is 0. The van der Waals surface area contributed by atoms with E-state index in [1.807, 2.05) is 32.6 Å². The molecule has 2 N–H and O–H groups in total. The molecule has 0 bridgehead atoms. The Balaban J connectivity index is 2.02. The van der Waals surface area contributed by atoms with Crippen LogP contribution in [0.25, 0.3) is 0 Å². The first-order chi connectivity index (χ1) is 15.3. The minimum Gasteiger partial charge on any atom is -0.444 e. The smallest absolute Gasteiger partial charge is 0.410 e. The summed E-state index contributed by atoms with van der Waals surface area (Å²) in [6.07, 6.45) is -2.29. The molecule has 1 aliphatic heterocycles. The zero-order valence-electron chi connectivity index (χ0n) is 20.1. The van der Waals surface area contributed by atoms with E-state index in [-0.39, 0.29) is 23.8 Å². The lowest BCUT2D eigenvalue weighted by Gasteiger charge is -2.36. The number of hydrogen-bond donors (Lipinski definition) is 2. The van der Waals surface area contributed by atoms with Gasteiger partial charge in [0.15, 0.2) is 0 Å². The Bertz CT molecular complexity index is 840. The highest BCUT2D eigenvalue weighted by Crippen LogP contribution is 2.24. The van der Waals surface area contributed by atoms with Crippen LogP contribution in [0.1, 0.15) is 34.6 Å². The van der Waals surface area contributed by atoms with Crippen molar-refractivity contribution in [1.82, 2.24) is 9.80 Å². The summed E-state index contributed by atoms with van der Waals surface area (Å²) in [4.78, 5) is 15.7. The fraction of sp³-hybridized carbons (Fsp3) is 0.565. The Morgan fingerprint density at radius 2 is 1.64 bits per heavy atom. The SMILES string of the molecule is COC(C)/C(=C/C(=N)N1CCN(C(=O)OC(C)(C)C)CC1)Nc1ccc(OC(C)(F)F)cc1. The third-order valence-electron chi connectivity index (χ3n) is 4.80. The molecule has 1 unspecified atom stereocenters. The summed E-state index contributed by atoms with van der Waals surface area (Å²) in [7, 11) is 1.56. The van der Waals surface area contributed by atoms with Gasteiger partial charge in [-0.1, -0.05) is 0 Å². The Morgan fingerprint density at radius 3 is 2.12 bits per heavy atom. The summed E-state index contributed by atoms with van der Waals surface area (Å²) in [6, 6.07) is 6.10. The first kappa shape index (κ1) is 26.4. The maximum absolute atomic E-state index is 13.0. The largest absolute Gasteiger partial charge is 0.444 e. The molecule has 184 valence electrons. The lowest BCUT2D eigenvalue weighted by atomic mass is 10.2. The molecule has 1 aromatic rings. The number of nitrogens with one attached hydrogen (secondary N) is 2. The van der Waals surface area contributed by atoms with E-state index in [4.69, 9.17) is 14.9 Å². The van der Waals surface area contributed by atoms with Crippen LogP contribution >= 0.6 is 0 Å². The van der Waals surface area contributed by atoms with Crippen molar-refractivity contribution < 1.29 is 27.8 Å². The van der Waals surface area contributed by atoms with Crippen LogP contribution in [-0.2, 0) is 9.47 Å². The second-order valence-electron chi connectivity index (χ2n) is 8.88. The lowest BCUT2D eigenvalue weighted by Crippen LogP contribution is -2.51. The van der Waals surface area contributed by atoms with Gasteiger partial charge in [0, 0.05) is 57.7 Å². The molecule has 1 atom stereocenters. The predicted octanol–water partition coefficient (Wildman–Crippen LogP) is 4.54. The second kappa shape index (κ2) is 10.8. The van der Waals surface area contributed by atoms with Crippen LogP contribution in [0.2, 0.25) is 0 Å². The monoisotopic (exact) mass is 468 g/mol. The molecular formula is C23H34F2N4O4. The fourth-order valence-corrected chi connectivity index (χ4v) is 3.06. The quantitative estimate of drug-likeness (QED) is 0.451. The maximum Gasteiger partial charge on any atom is 0.410 e. The molecule has 1 heterocycles. The summed E-state index contributed by atoms with van der Waals surface area (Å²) in [5, 5.41) is 11.7. The zero-order chi connectivity index (χ0) is 24.8. The van der Waals surface area contributed by atoms with E-state index in [1.54, 1.807) is 30.2 Å². The number of carbonyl (C=O) groups excluding carboxylic acids is 1. The van der Waals surface area contributed by atoms with Gasteiger partial charge in [-0.3, -0.25) is 5.41 Å².